The first-order valence-corrected chi connectivity index (χ1v) is 7.00. The summed E-state index contributed by atoms with van der Waals surface area (Å²) in [5, 5.41) is 3.69. The average molecular weight is 231 g/mol. The second-order valence-electron chi connectivity index (χ2n) is 5.86. The number of nitrogens with one attached hydrogen (secondary N) is 1. The van der Waals surface area contributed by atoms with E-state index >= 15 is 0 Å². The van der Waals surface area contributed by atoms with E-state index < -0.39 is 0 Å². The molecular weight excluding hydrogens is 206 g/mol. The molecule has 1 unspecified atom stereocenters. The Balaban J connectivity index is 1.91. The fraction of sp³-hybridized carbons (Fsp3) is 0.625. The Morgan fingerprint density at radius 2 is 1.76 bits per heavy atom. The van der Waals surface area contributed by atoms with Crippen molar-refractivity contribution in [3.05, 3.63) is 35.4 Å². The standard InChI is InChI=1S/C16H25N/c1-12(2)11-14-7-9-15(10-8-14)13(3)17-16-5-4-6-16/h7-10,12-13,16-17H,4-6,11H2,1-3H3. The summed E-state index contributed by atoms with van der Waals surface area (Å²) in [7, 11) is 0. The van der Waals surface area contributed by atoms with Crippen molar-refractivity contribution >= 4 is 0 Å². The fourth-order valence-corrected chi connectivity index (χ4v) is 2.44. The van der Waals surface area contributed by atoms with E-state index in [2.05, 4.69) is 50.4 Å². The van der Waals surface area contributed by atoms with E-state index in [1.807, 2.05) is 0 Å². The molecule has 1 aliphatic rings. The molecule has 1 heteroatoms. The maximum Gasteiger partial charge on any atom is 0.0294 e. The van der Waals surface area contributed by atoms with Gasteiger partial charge in [-0.05, 0) is 43.2 Å². The zero-order chi connectivity index (χ0) is 12.3. The molecule has 94 valence electrons. The largest absolute Gasteiger partial charge is 0.307 e. The lowest BCUT2D eigenvalue weighted by atomic mass is 9.91. The lowest BCUT2D eigenvalue weighted by Crippen LogP contribution is -2.36. The van der Waals surface area contributed by atoms with Crippen molar-refractivity contribution in [2.24, 2.45) is 5.92 Å². The summed E-state index contributed by atoms with van der Waals surface area (Å²) in [5.41, 5.74) is 2.88. The van der Waals surface area contributed by atoms with Crippen LogP contribution in [0.3, 0.4) is 0 Å². The molecule has 1 nitrogen and oxygen atoms in total. The van der Waals surface area contributed by atoms with Crippen LogP contribution in [0.2, 0.25) is 0 Å². The minimum Gasteiger partial charge on any atom is -0.307 e. The van der Waals surface area contributed by atoms with Gasteiger partial charge in [-0.15, -0.1) is 0 Å². The van der Waals surface area contributed by atoms with Gasteiger partial charge < -0.3 is 5.32 Å². The molecule has 1 aliphatic carbocycles. The first-order valence-electron chi connectivity index (χ1n) is 7.00. The van der Waals surface area contributed by atoms with Gasteiger partial charge in [0, 0.05) is 12.1 Å². The van der Waals surface area contributed by atoms with E-state index in [0.717, 1.165) is 12.0 Å². The molecule has 1 N–H and O–H groups in total. The lowest BCUT2D eigenvalue weighted by Gasteiger charge is -2.30. The van der Waals surface area contributed by atoms with E-state index in [1.54, 1.807) is 0 Å². The molecule has 0 radical (unpaired) electrons. The SMILES string of the molecule is CC(C)Cc1ccc(C(C)NC2CCC2)cc1. The highest BCUT2D eigenvalue weighted by Gasteiger charge is 2.19. The second-order valence-corrected chi connectivity index (χ2v) is 5.86. The molecule has 1 atom stereocenters. The molecule has 0 bridgehead atoms. The number of hydrogen-bond donors (Lipinski definition) is 1. The molecule has 1 aromatic rings. The molecule has 0 saturated heterocycles. The Labute approximate surface area is 106 Å². The normalized spacial score (nSPS) is 18.1. The smallest absolute Gasteiger partial charge is 0.0294 e. The van der Waals surface area contributed by atoms with Crippen molar-refractivity contribution < 1.29 is 0 Å². The predicted octanol–water partition coefficient (Wildman–Crippen LogP) is 4.09. The van der Waals surface area contributed by atoms with E-state index in [0.29, 0.717) is 6.04 Å². The third kappa shape index (κ3) is 3.57. The van der Waals surface area contributed by atoms with Gasteiger partial charge in [0.1, 0.15) is 0 Å². The molecule has 0 heterocycles. The van der Waals surface area contributed by atoms with Crippen LogP contribution in [-0.4, -0.2) is 6.04 Å². The summed E-state index contributed by atoms with van der Waals surface area (Å²) < 4.78 is 0. The fourth-order valence-electron chi connectivity index (χ4n) is 2.44. The van der Waals surface area contributed by atoms with Crippen LogP contribution >= 0.6 is 0 Å². The highest BCUT2D eigenvalue weighted by atomic mass is 15.0. The first-order chi connectivity index (χ1) is 8.15. The monoisotopic (exact) mass is 231 g/mol. The van der Waals surface area contributed by atoms with Crippen molar-refractivity contribution in [2.45, 2.75) is 58.5 Å². The Bertz CT molecular complexity index is 335. The van der Waals surface area contributed by atoms with Gasteiger partial charge in [-0.25, -0.2) is 0 Å². The van der Waals surface area contributed by atoms with Crippen LogP contribution in [0.4, 0.5) is 0 Å². The molecule has 1 saturated carbocycles. The summed E-state index contributed by atoms with van der Waals surface area (Å²) in [6, 6.07) is 10.4. The van der Waals surface area contributed by atoms with Crippen molar-refractivity contribution in [1.82, 2.24) is 5.32 Å². The molecule has 1 fully saturated rings. The average Bonchev–Trinajstić information content (AvgIpc) is 2.23. The van der Waals surface area contributed by atoms with Crippen LogP contribution in [-0.2, 0) is 6.42 Å². The summed E-state index contributed by atoms with van der Waals surface area (Å²) in [6.45, 7) is 6.82. The minimum atomic E-state index is 0.494. The van der Waals surface area contributed by atoms with Crippen molar-refractivity contribution in [1.29, 1.82) is 0 Å². The summed E-state index contributed by atoms with van der Waals surface area (Å²) in [4.78, 5) is 0. The number of rotatable bonds is 5. The van der Waals surface area contributed by atoms with Gasteiger partial charge in [-0.1, -0.05) is 44.5 Å². The summed E-state index contributed by atoms with van der Waals surface area (Å²) in [5.74, 6) is 0.742. The van der Waals surface area contributed by atoms with Gasteiger partial charge in [-0.3, -0.25) is 0 Å². The third-order valence-corrected chi connectivity index (χ3v) is 3.71. The van der Waals surface area contributed by atoms with Crippen LogP contribution in [0.1, 0.15) is 57.2 Å². The Kier molecular flexibility index (Phi) is 4.22. The number of benzene rings is 1. The molecule has 0 aliphatic heterocycles. The van der Waals surface area contributed by atoms with Crippen molar-refractivity contribution in [2.75, 3.05) is 0 Å². The van der Waals surface area contributed by atoms with E-state index in [9.17, 15) is 0 Å². The quantitative estimate of drug-likeness (QED) is 0.805. The summed E-state index contributed by atoms with van der Waals surface area (Å²) in [6.07, 6.45) is 5.30. The first kappa shape index (κ1) is 12.6. The summed E-state index contributed by atoms with van der Waals surface area (Å²) >= 11 is 0. The Morgan fingerprint density at radius 3 is 2.24 bits per heavy atom. The highest BCUT2D eigenvalue weighted by molar-refractivity contribution is 5.25. The molecule has 2 rings (SSSR count). The molecule has 0 spiro atoms. The van der Waals surface area contributed by atoms with Crippen LogP contribution in [0.5, 0.6) is 0 Å². The topological polar surface area (TPSA) is 12.0 Å². The Morgan fingerprint density at radius 1 is 1.12 bits per heavy atom. The van der Waals surface area contributed by atoms with Crippen LogP contribution < -0.4 is 5.32 Å². The zero-order valence-corrected chi connectivity index (χ0v) is 11.4. The van der Waals surface area contributed by atoms with Gasteiger partial charge in [0.05, 0.1) is 0 Å². The highest BCUT2D eigenvalue weighted by Crippen LogP contribution is 2.23. The van der Waals surface area contributed by atoms with Gasteiger partial charge in [0.2, 0.25) is 0 Å². The van der Waals surface area contributed by atoms with Crippen LogP contribution in [0, 0.1) is 5.92 Å². The Hall–Kier alpha value is -0.820. The lowest BCUT2D eigenvalue weighted by molar-refractivity contribution is 0.313. The molecule has 17 heavy (non-hydrogen) atoms. The van der Waals surface area contributed by atoms with Gasteiger partial charge >= 0.3 is 0 Å². The predicted molar refractivity (Wildman–Crippen MR) is 74.2 cm³/mol. The van der Waals surface area contributed by atoms with E-state index in [-0.39, 0.29) is 0 Å². The maximum atomic E-state index is 3.69. The van der Waals surface area contributed by atoms with Gasteiger partial charge in [-0.2, -0.15) is 0 Å². The van der Waals surface area contributed by atoms with Crippen molar-refractivity contribution in [3.8, 4) is 0 Å². The van der Waals surface area contributed by atoms with Gasteiger partial charge in [0.15, 0.2) is 0 Å². The van der Waals surface area contributed by atoms with Crippen LogP contribution in [0.25, 0.3) is 0 Å². The van der Waals surface area contributed by atoms with E-state index in [1.165, 1.54) is 36.8 Å². The van der Waals surface area contributed by atoms with Crippen LogP contribution in [0.15, 0.2) is 24.3 Å². The minimum absolute atomic E-state index is 0.494. The third-order valence-electron chi connectivity index (χ3n) is 3.71. The van der Waals surface area contributed by atoms with E-state index in [4.69, 9.17) is 0 Å². The molecular formula is C16H25N. The molecule has 0 aromatic heterocycles. The van der Waals surface area contributed by atoms with Crippen molar-refractivity contribution in [3.63, 3.8) is 0 Å². The second kappa shape index (κ2) is 5.68. The van der Waals surface area contributed by atoms with Gasteiger partial charge in [0.25, 0.3) is 0 Å². The number of hydrogen-bond acceptors (Lipinski definition) is 1. The zero-order valence-electron chi connectivity index (χ0n) is 11.4. The molecule has 0 amide bonds. The maximum absolute atomic E-state index is 3.69. The molecule has 1 aromatic carbocycles.